The molecule has 0 radical (unpaired) electrons. The molecule has 0 fully saturated rings. The number of carbonyl (C=O) groups is 2. The van der Waals surface area contributed by atoms with Gasteiger partial charge in [0.25, 0.3) is 11.8 Å². The van der Waals surface area contributed by atoms with Crippen molar-refractivity contribution in [3.05, 3.63) is 100 Å². The Morgan fingerprint density at radius 2 is 1.40 bits per heavy atom. The fourth-order valence-electron chi connectivity index (χ4n) is 4.54. The Balaban J connectivity index is 1.71. The lowest BCUT2D eigenvalue weighted by Crippen LogP contribution is -2.32. The molecule has 0 bridgehead atoms. The predicted octanol–water partition coefficient (Wildman–Crippen LogP) is 5.85. The summed E-state index contributed by atoms with van der Waals surface area (Å²) >= 11 is 0. The highest BCUT2D eigenvalue weighted by Gasteiger charge is 2.39. The normalized spacial score (nSPS) is 13.6. The molecule has 5 nitrogen and oxygen atoms in total. The molecule has 3 aromatic carbocycles. The molecule has 0 atom stereocenters. The van der Waals surface area contributed by atoms with Crippen molar-refractivity contribution in [1.29, 1.82) is 0 Å². The van der Waals surface area contributed by atoms with Gasteiger partial charge in [-0.1, -0.05) is 53.6 Å². The summed E-state index contributed by atoms with van der Waals surface area (Å²) in [6.07, 6.45) is 0. The first kappa shape index (κ1) is 24.3. The molecule has 4 rings (SSSR count). The van der Waals surface area contributed by atoms with Crippen LogP contribution in [0.2, 0.25) is 0 Å². The minimum Gasteiger partial charge on any atom is -0.372 e. The molecular weight excluding hydrogens is 434 g/mol. The van der Waals surface area contributed by atoms with E-state index in [4.69, 9.17) is 0 Å². The molecule has 1 N–H and O–H groups in total. The van der Waals surface area contributed by atoms with Crippen molar-refractivity contribution in [1.82, 2.24) is 4.90 Å². The van der Waals surface area contributed by atoms with Crippen LogP contribution in [0.5, 0.6) is 0 Å². The van der Waals surface area contributed by atoms with Crippen molar-refractivity contribution in [2.45, 2.75) is 41.2 Å². The average Bonchev–Trinajstić information content (AvgIpc) is 3.06. The highest BCUT2D eigenvalue weighted by Crippen LogP contribution is 2.33. The second-order valence-corrected chi connectivity index (χ2v) is 9.09. The van der Waals surface area contributed by atoms with Crippen molar-refractivity contribution >= 4 is 28.8 Å². The maximum atomic E-state index is 13.6. The lowest BCUT2D eigenvalue weighted by atomic mass is 9.97. The van der Waals surface area contributed by atoms with Crippen molar-refractivity contribution in [3.63, 3.8) is 0 Å². The Labute approximate surface area is 208 Å². The summed E-state index contributed by atoms with van der Waals surface area (Å²) in [5.41, 5.74) is 7.56. The number of imide groups is 1. The van der Waals surface area contributed by atoms with Gasteiger partial charge in [0.15, 0.2) is 0 Å². The van der Waals surface area contributed by atoms with Crippen LogP contribution in [0.15, 0.2) is 72.4 Å². The van der Waals surface area contributed by atoms with Crippen LogP contribution in [-0.2, 0) is 16.1 Å². The van der Waals surface area contributed by atoms with Crippen LogP contribution in [0.4, 0.5) is 11.4 Å². The third-order valence-electron chi connectivity index (χ3n) is 6.55. The second kappa shape index (κ2) is 10.2. The molecule has 0 aliphatic carbocycles. The van der Waals surface area contributed by atoms with Gasteiger partial charge in [-0.25, -0.2) is 0 Å². The number of hydrogen-bond acceptors (Lipinski definition) is 4. The first-order valence-electron chi connectivity index (χ1n) is 12.2. The lowest BCUT2D eigenvalue weighted by Gasteiger charge is -2.21. The van der Waals surface area contributed by atoms with Gasteiger partial charge in [0, 0.05) is 24.5 Å². The molecule has 0 spiro atoms. The highest BCUT2D eigenvalue weighted by molar-refractivity contribution is 6.36. The Bertz CT molecular complexity index is 1270. The minimum absolute atomic E-state index is 0.235. The zero-order chi connectivity index (χ0) is 25.1. The fourth-order valence-corrected chi connectivity index (χ4v) is 4.54. The van der Waals surface area contributed by atoms with Crippen LogP contribution in [0.25, 0.3) is 5.57 Å². The number of nitrogens with one attached hydrogen (secondary N) is 1. The monoisotopic (exact) mass is 467 g/mol. The van der Waals surface area contributed by atoms with E-state index >= 15 is 0 Å². The summed E-state index contributed by atoms with van der Waals surface area (Å²) in [5.74, 6) is -0.580. The van der Waals surface area contributed by atoms with Gasteiger partial charge in [0.1, 0.15) is 5.70 Å². The van der Waals surface area contributed by atoms with Crippen molar-refractivity contribution in [2.75, 3.05) is 23.3 Å². The molecule has 0 unspecified atom stereocenters. The maximum Gasteiger partial charge on any atom is 0.278 e. The number of anilines is 2. The average molecular weight is 468 g/mol. The number of nitrogens with zero attached hydrogens (tertiary/aromatic N) is 2. The van der Waals surface area contributed by atoms with Crippen LogP contribution in [0.1, 0.15) is 41.7 Å². The molecule has 1 heterocycles. The summed E-state index contributed by atoms with van der Waals surface area (Å²) in [6.45, 7) is 12.4. The summed E-state index contributed by atoms with van der Waals surface area (Å²) in [6, 6.07) is 21.9. The van der Waals surface area contributed by atoms with Gasteiger partial charge < -0.3 is 10.2 Å². The number of carbonyl (C=O) groups excluding carboxylic acids is 2. The molecule has 2 amide bonds. The number of hydrogen-bond donors (Lipinski definition) is 1. The van der Waals surface area contributed by atoms with Crippen LogP contribution < -0.4 is 10.2 Å². The minimum atomic E-state index is -0.307. The topological polar surface area (TPSA) is 52.7 Å². The Morgan fingerprint density at radius 1 is 0.771 bits per heavy atom. The van der Waals surface area contributed by atoms with Crippen LogP contribution in [0.3, 0.4) is 0 Å². The smallest absolute Gasteiger partial charge is 0.278 e. The molecule has 5 heteroatoms. The molecule has 1 aliphatic heterocycles. The van der Waals surface area contributed by atoms with Crippen LogP contribution >= 0.6 is 0 Å². The Morgan fingerprint density at radius 3 is 2.00 bits per heavy atom. The van der Waals surface area contributed by atoms with E-state index in [1.54, 1.807) is 0 Å². The van der Waals surface area contributed by atoms with Crippen molar-refractivity contribution < 1.29 is 9.59 Å². The van der Waals surface area contributed by atoms with Gasteiger partial charge in [-0.15, -0.1) is 0 Å². The quantitative estimate of drug-likeness (QED) is 0.422. The SMILES string of the molecule is CCN(CC)c1ccc(NC2=C(c3ccc(C)cc3C)C(=O)N(Cc3ccc(C)cc3)C2=O)cc1. The summed E-state index contributed by atoms with van der Waals surface area (Å²) in [4.78, 5) is 30.8. The second-order valence-electron chi connectivity index (χ2n) is 9.09. The molecule has 0 aromatic heterocycles. The molecule has 180 valence electrons. The van der Waals surface area contributed by atoms with Crippen LogP contribution in [0, 0.1) is 20.8 Å². The van der Waals surface area contributed by atoms with E-state index in [1.807, 2.05) is 87.5 Å². The van der Waals surface area contributed by atoms with E-state index in [2.05, 4.69) is 24.1 Å². The molecule has 0 saturated heterocycles. The first-order valence-corrected chi connectivity index (χ1v) is 12.2. The van der Waals surface area contributed by atoms with E-state index < -0.39 is 0 Å². The number of amides is 2. The Kier molecular flexibility index (Phi) is 7.06. The largest absolute Gasteiger partial charge is 0.372 e. The van der Waals surface area contributed by atoms with Crippen LogP contribution in [-0.4, -0.2) is 29.8 Å². The van der Waals surface area contributed by atoms with Gasteiger partial charge in [0.05, 0.1) is 12.1 Å². The number of rotatable bonds is 8. The van der Waals surface area contributed by atoms with Gasteiger partial charge in [-0.2, -0.15) is 0 Å². The summed E-state index contributed by atoms with van der Waals surface area (Å²) < 4.78 is 0. The van der Waals surface area contributed by atoms with E-state index in [9.17, 15) is 9.59 Å². The third-order valence-corrected chi connectivity index (χ3v) is 6.55. The third kappa shape index (κ3) is 4.99. The van der Waals surface area contributed by atoms with Gasteiger partial charge >= 0.3 is 0 Å². The first-order chi connectivity index (χ1) is 16.8. The fraction of sp³-hybridized carbons (Fsp3) is 0.267. The standard InChI is InChI=1S/C30H33N3O2/c1-6-32(7-2)25-15-13-24(14-16-25)31-28-27(26-17-10-21(4)18-22(26)5)29(34)33(30(28)35)19-23-11-8-20(3)9-12-23/h8-18,31H,6-7,19H2,1-5H3. The summed E-state index contributed by atoms with van der Waals surface area (Å²) in [7, 11) is 0. The zero-order valence-electron chi connectivity index (χ0n) is 21.2. The maximum absolute atomic E-state index is 13.6. The number of benzene rings is 3. The highest BCUT2D eigenvalue weighted by atomic mass is 16.2. The van der Waals surface area contributed by atoms with Crippen molar-refractivity contribution in [2.24, 2.45) is 0 Å². The Hall–Kier alpha value is -3.86. The molecule has 3 aromatic rings. The predicted molar refractivity (Wildman–Crippen MR) is 143 cm³/mol. The molecular formula is C30H33N3O2. The van der Waals surface area contributed by atoms with E-state index in [0.29, 0.717) is 11.3 Å². The van der Waals surface area contributed by atoms with Gasteiger partial charge in [-0.05, 0) is 75.6 Å². The molecule has 0 saturated carbocycles. The van der Waals surface area contributed by atoms with Gasteiger partial charge in [0.2, 0.25) is 0 Å². The van der Waals surface area contributed by atoms with E-state index in [-0.39, 0.29) is 18.4 Å². The molecule has 1 aliphatic rings. The van der Waals surface area contributed by atoms with Gasteiger partial charge in [-0.3, -0.25) is 14.5 Å². The lowest BCUT2D eigenvalue weighted by molar-refractivity contribution is -0.137. The zero-order valence-corrected chi connectivity index (χ0v) is 21.2. The van der Waals surface area contributed by atoms with E-state index in [0.717, 1.165) is 52.3 Å². The summed E-state index contributed by atoms with van der Waals surface area (Å²) in [5, 5.41) is 3.29. The number of aryl methyl sites for hydroxylation is 3. The molecule has 35 heavy (non-hydrogen) atoms. The van der Waals surface area contributed by atoms with Crippen molar-refractivity contribution in [3.8, 4) is 0 Å². The van der Waals surface area contributed by atoms with E-state index in [1.165, 1.54) is 4.90 Å².